The highest BCUT2D eigenvalue weighted by Gasteiger charge is 2.16. The van der Waals surface area contributed by atoms with Crippen molar-refractivity contribution < 1.29 is 0 Å². The molecule has 0 radical (unpaired) electrons. The number of aromatic amines is 1. The van der Waals surface area contributed by atoms with Crippen molar-refractivity contribution in [2.24, 2.45) is 4.99 Å². The van der Waals surface area contributed by atoms with E-state index < -0.39 is 0 Å². The Morgan fingerprint density at radius 2 is 2.05 bits per heavy atom. The van der Waals surface area contributed by atoms with Crippen LogP contribution in [-0.2, 0) is 6.42 Å². The number of nitrogens with zero attached hydrogens (tertiary/aromatic N) is 1. The van der Waals surface area contributed by atoms with Gasteiger partial charge in [0.25, 0.3) is 0 Å². The molecule has 2 aromatic rings. The highest BCUT2D eigenvalue weighted by atomic mass is 32.2. The van der Waals surface area contributed by atoms with E-state index in [1.165, 1.54) is 16.5 Å². The Morgan fingerprint density at radius 3 is 2.77 bits per heavy atom. The van der Waals surface area contributed by atoms with Crippen molar-refractivity contribution in [3.05, 3.63) is 36.0 Å². The van der Waals surface area contributed by atoms with E-state index in [2.05, 4.69) is 71.2 Å². The summed E-state index contributed by atoms with van der Waals surface area (Å²) in [5.41, 5.74) is 2.53. The number of rotatable bonds is 6. The van der Waals surface area contributed by atoms with Crippen LogP contribution < -0.4 is 10.6 Å². The number of fused-ring (bicyclic) bond motifs is 1. The monoisotopic (exact) mass is 318 g/mol. The number of thioether (sulfide) groups is 1. The van der Waals surface area contributed by atoms with E-state index >= 15 is 0 Å². The first-order valence-electron chi connectivity index (χ1n) is 7.60. The molecular formula is C17H26N4S. The molecule has 1 heterocycles. The molecule has 0 spiro atoms. The summed E-state index contributed by atoms with van der Waals surface area (Å²) in [5.74, 6) is 0.863. The van der Waals surface area contributed by atoms with Crippen molar-refractivity contribution in [3.63, 3.8) is 0 Å². The van der Waals surface area contributed by atoms with Gasteiger partial charge >= 0.3 is 0 Å². The summed E-state index contributed by atoms with van der Waals surface area (Å²) in [4.78, 5) is 7.60. The van der Waals surface area contributed by atoms with Gasteiger partial charge in [0.15, 0.2) is 5.96 Å². The van der Waals surface area contributed by atoms with E-state index in [-0.39, 0.29) is 4.75 Å². The van der Waals surface area contributed by atoms with E-state index in [1.54, 1.807) is 0 Å². The second-order valence-electron chi connectivity index (χ2n) is 5.93. The van der Waals surface area contributed by atoms with Gasteiger partial charge in [-0.2, -0.15) is 11.8 Å². The minimum absolute atomic E-state index is 0.203. The van der Waals surface area contributed by atoms with Crippen LogP contribution in [0.15, 0.2) is 35.5 Å². The summed E-state index contributed by atoms with van der Waals surface area (Å²) in [5, 5.41) is 8.07. The lowest BCUT2D eigenvalue weighted by Crippen LogP contribution is -2.43. The number of nitrogens with one attached hydrogen (secondary N) is 3. The smallest absolute Gasteiger partial charge is 0.191 e. The molecule has 0 saturated carbocycles. The van der Waals surface area contributed by atoms with Crippen molar-refractivity contribution in [1.82, 2.24) is 15.6 Å². The number of aromatic nitrogens is 1. The van der Waals surface area contributed by atoms with E-state index in [1.807, 2.05) is 18.8 Å². The van der Waals surface area contributed by atoms with Crippen LogP contribution >= 0.6 is 11.8 Å². The van der Waals surface area contributed by atoms with E-state index in [9.17, 15) is 0 Å². The molecule has 0 aliphatic rings. The maximum atomic E-state index is 4.28. The van der Waals surface area contributed by atoms with Crippen molar-refractivity contribution in [2.75, 3.05) is 26.4 Å². The van der Waals surface area contributed by atoms with Gasteiger partial charge < -0.3 is 15.6 Å². The molecule has 2 rings (SSSR count). The van der Waals surface area contributed by atoms with Crippen LogP contribution in [0.5, 0.6) is 0 Å². The first-order chi connectivity index (χ1) is 10.6. The average molecular weight is 318 g/mol. The molecule has 0 saturated heterocycles. The molecule has 3 N–H and O–H groups in total. The summed E-state index contributed by atoms with van der Waals surface area (Å²) in [6.07, 6.45) is 5.20. The SMILES string of the molecule is CN=C(NCCc1c[nH]c2ccccc12)NCC(C)(C)SC. The van der Waals surface area contributed by atoms with Crippen LogP contribution in [-0.4, -0.2) is 42.1 Å². The fourth-order valence-electron chi connectivity index (χ4n) is 2.24. The molecular weight excluding hydrogens is 292 g/mol. The first-order valence-corrected chi connectivity index (χ1v) is 8.83. The van der Waals surface area contributed by atoms with Crippen LogP contribution in [0.3, 0.4) is 0 Å². The lowest BCUT2D eigenvalue weighted by atomic mass is 10.1. The molecule has 5 heteroatoms. The summed E-state index contributed by atoms with van der Waals surface area (Å²) in [6.45, 7) is 6.20. The maximum absolute atomic E-state index is 4.28. The van der Waals surface area contributed by atoms with Gasteiger partial charge in [-0.3, -0.25) is 4.99 Å². The van der Waals surface area contributed by atoms with E-state index in [0.717, 1.165) is 25.5 Å². The minimum Gasteiger partial charge on any atom is -0.361 e. The second-order valence-corrected chi connectivity index (χ2v) is 7.44. The highest BCUT2D eigenvalue weighted by Crippen LogP contribution is 2.19. The quantitative estimate of drug-likeness (QED) is 0.567. The Bertz CT molecular complexity index is 630. The normalized spacial score (nSPS) is 12.6. The van der Waals surface area contributed by atoms with Crippen LogP contribution in [0.2, 0.25) is 0 Å². The van der Waals surface area contributed by atoms with Crippen LogP contribution in [0, 0.1) is 0 Å². The number of guanidine groups is 1. The third kappa shape index (κ3) is 4.44. The van der Waals surface area contributed by atoms with Crippen LogP contribution in [0.1, 0.15) is 19.4 Å². The molecule has 0 aliphatic carbocycles. The summed E-state index contributed by atoms with van der Waals surface area (Å²) < 4.78 is 0.203. The van der Waals surface area contributed by atoms with Gasteiger partial charge in [0, 0.05) is 42.0 Å². The standard InChI is InChI=1S/C17H26N4S/c1-17(2,22-4)12-21-16(18-3)19-10-9-13-11-20-15-8-6-5-7-14(13)15/h5-8,11,20H,9-10,12H2,1-4H3,(H2,18,19,21). The van der Waals surface area contributed by atoms with Crippen LogP contribution in [0.4, 0.5) is 0 Å². The third-order valence-electron chi connectivity index (χ3n) is 3.82. The van der Waals surface area contributed by atoms with Gasteiger partial charge in [0.2, 0.25) is 0 Å². The van der Waals surface area contributed by atoms with Crippen molar-refractivity contribution in [1.29, 1.82) is 0 Å². The molecule has 1 aromatic carbocycles. The first kappa shape index (κ1) is 16.7. The molecule has 0 fully saturated rings. The molecule has 0 aliphatic heterocycles. The molecule has 0 unspecified atom stereocenters. The number of aliphatic imine (C=N–C) groups is 1. The minimum atomic E-state index is 0.203. The van der Waals surface area contributed by atoms with Crippen molar-refractivity contribution in [2.45, 2.75) is 25.0 Å². The summed E-state index contributed by atoms with van der Waals surface area (Å²) >= 11 is 1.85. The zero-order chi connectivity index (χ0) is 16.0. The van der Waals surface area contributed by atoms with E-state index in [0.29, 0.717) is 0 Å². The Hall–Kier alpha value is -1.62. The molecule has 0 amide bonds. The molecule has 0 atom stereocenters. The fraction of sp³-hybridized carbons (Fsp3) is 0.471. The Morgan fingerprint density at radius 1 is 1.27 bits per heavy atom. The molecule has 4 nitrogen and oxygen atoms in total. The van der Waals surface area contributed by atoms with Crippen molar-refractivity contribution >= 4 is 28.6 Å². The van der Waals surface area contributed by atoms with Gasteiger partial charge in [0.05, 0.1) is 0 Å². The largest absolute Gasteiger partial charge is 0.361 e. The predicted octanol–water partition coefficient (Wildman–Crippen LogP) is 3.02. The topological polar surface area (TPSA) is 52.2 Å². The zero-order valence-electron chi connectivity index (χ0n) is 13.9. The van der Waals surface area contributed by atoms with Gasteiger partial charge in [0.1, 0.15) is 0 Å². The average Bonchev–Trinajstić information content (AvgIpc) is 2.94. The lowest BCUT2D eigenvalue weighted by molar-refractivity contribution is 0.664. The van der Waals surface area contributed by atoms with Gasteiger partial charge in [-0.15, -0.1) is 0 Å². The number of hydrogen-bond acceptors (Lipinski definition) is 2. The van der Waals surface area contributed by atoms with Gasteiger partial charge in [-0.05, 0) is 38.2 Å². The van der Waals surface area contributed by atoms with Crippen molar-refractivity contribution in [3.8, 4) is 0 Å². The predicted molar refractivity (Wildman–Crippen MR) is 99.0 cm³/mol. The highest BCUT2D eigenvalue weighted by molar-refractivity contribution is 7.99. The fourth-order valence-corrected chi connectivity index (χ4v) is 2.46. The Kier molecular flexibility index (Phi) is 5.77. The number of para-hydroxylation sites is 1. The third-order valence-corrected chi connectivity index (χ3v) is 5.07. The lowest BCUT2D eigenvalue weighted by Gasteiger charge is -2.23. The van der Waals surface area contributed by atoms with E-state index in [4.69, 9.17) is 0 Å². The molecule has 0 bridgehead atoms. The Balaban J connectivity index is 1.84. The number of benzene rings is 1. The van der Waals surface area contributed by atoms with Gasteiger partial charge in [-0.1, -0.05) is 18.2 Å². The number of H-pyrrole nitrogens is 1. The molecule has 120 valence electrons. The molecule has 1 aromatic heterocycles. The van der Waals surface area contributed by atoms with Gasteiger partial charge in [-0.25, -0.2) is 0 Å². The van der Waals surface area contributed by atoms with Crippen LogP contribution in [0.25, 0.3) is 10.9 Å². The zero-order valence-corrected chi connectivity index (χ0v) is 14.7. The Labute approximate surface area is 137 Å². The summed E-state index contributed by atoms with van der Waals surface area (Å²) in [6, 6.07) is 8.41. The maximum Gasteiger partial charge on any atom is 0.191 e. The second kappa shape index (κ2) is 7.58. The summed E-state index contributed by atoms with van der Waals surface area (Å²) in [7, 11) is 1.81. The molecule has 22 heavy (non-hydrogen) atoms. The number of hydrogen-bond donors (Lipinski definition) is 3.